The fourth-order valence-corrected chi connectivity index (χ4v) is 2.92. The van der Waals surface area contributed by atoms with Crippen LogP contribution in [0.4, 0.5) is 0 Å². The van der Waals surface area contributed by atoms with Crippen LogP contribution in [0.25, 0.3) is 0 Å². The van der Waals surface area contributed by atoms with Crippen molar-refractivity contribution < 1.29 is 4.74 Å². The zero-order valence-electron chi connectivity index (χ0n) is 10.7. The summed E-state index contributed by atoms with van der Waals surface area (Å²) in [7, 11) is 0. The lowest BCUT2D eigenvalue weighted by Crippen LogP contribution is -2.36. The van der Waals surface area contributed by atoms with Gasteiger partial charge in [0.2, 0.25) is 0 Å². The SMILES string of the molecule is Clc1cccc(CN2CCC(OCCBr)CC2)c1Cl. The van der Waals surface area contributed by atoms with Crippen LogP contribution < -0.4 is 0 Å². The van der Waals surface area contributed by atoms with Gasteiger partial charge in [-0.25, -0.2) is 0 Å². The summed E-state index contributed by atoms with van der Waals surface area (Å²) >= 11 is 15.6. The third kappa shape index (κ3) is 4.61. The number of hydrogen-bond donors (Lipinski definition) is 0. The number of likely N-dealkylation sites (tertiary alicyclic amines) is 1. The molecule has 0 atom stereocenters. The Morgan fingerprint density at radius 1 is 1.26 bits per heavy atom. The highest BCUT2D eigenvalue weighted by Crippen LogP contribution is 2.27. The maximum absolute atomic E-state index is 6.22. The summed E-state index contributed by atoms with van der Waals surface area (Å²) in [6.45, 7) is 3.76. The number of rotatable bonds is 5. The smallest absolute Gasteiger partial charge is 0.0637 e. The number of piperidine rings is 1. The van der Waals surface area contributed by atoms with Gasteiger partial charge in [0, 0.05) is 25.0 Å². The molecule has 0 N–H and O–H groups in total. The summed E-state index contributed by atoms with van der Waals surface area (Å²) in [6.07, 6.45) is 2.58. The number of nitrogens with zero attached hydrogens (tertiary/aromatic N) is 1. The van der Waals surface area contributed by atoms with E-state index in [0.717, 1.165) is 50.0 Å². The highest BCUT2D eigenvalue weighted by atomic mass is 79.9. The van der Waals surface area contributed by atoms with Gasteiger partial charge in [-0.05, 0) is 24.5 Å². The number of benzene rings is 1. The molecule has 106 valence electrons. The molecule has 0 radical (unpaired) electrons. The average Bonchev–Trinajstić information content (AvgIpc) is 2.43. The quantitative estimate of drug-likeness (QED) is 0.717. The first kappa shape index (κ1) is 15.6. The Hall–Kier alpha value is 0.200. The Morgan fingerprint density at radius 3 is 2.68 bits per heavy atom. The van der Waals surface area contributed by atoms with Crippen LogP contribution in [0.3, 0.4) is 0 Å². The van der Waals surface area contributed by atoms with Crippen molar-refractivity contribution in [3.8, 4) is 0 Å². The van der Waals surface area contributed by atoms with Crippen LogP contribution in [0, 0.1) is 0 Å². The second-order valence-electron chi connectivity index (χ2n) is 4.75. The van der Waals surface area contributed by atoms with Crippen molar-refractivity contribution in [2.45, 2.75) is 25.5 Å². The molecule has 2 rings (SSSR count). The minimum Gasteiger partial charge on any atom is -0.377 e. The molecule has 1 aromatic rings. The molecule has 2 nitrogen and oxygen atoms in total. The Bertz CT molecular complexity index is 408. The molecule has 0 aliphatic carbocycles. The average molecular weight is 367 g/mol. The molecule has 19 heavy (non-hydrogen) atoms. The van der Waals surface area contributed by atoms with Crippen molar-refractivity contribution in [3.05, 3.63) is 33.8 Å². The van der Waals surface area contributed by atoms with E-state index in [1.807, 2.05) is 18.2 Å². The first-order valence-corrected chi connectivity index (χ1v) is 8.41. The van der Waals surface area contributed by atoms with Crippen molar-refractivity contribution in [2.75, 3.05) is 25.0 Å². The Kier molecular flexibility index (Phi) is 6.43. The molecule has 1 aliphatic heterocycles. The summed E-state index contributed by atoms with van der Waals surface area (Å²) in [5.74, 6) is 0. The van der Waals surface area contributed by atoms with Crippen LogP contribution in [0.15, 0.2) is 18.2 Å². The molecule has 0 saturated carbocycles. The summed E-state index contributed by atoms with van der Waals surface area (Å²) < 4.78 is 5.75. The first-order chi connectivity index (χ1) is 9.20. The summed E-state index contributed by atoms with van der Waals surface area (Å²) in [5, 5.41) is 2.22. The van der Waals surface area contributed by atoms with Crippen molar-refractivity contribution in [1.82, 2.24) is 4.90 Å². The predicted molar refractivity (Wildman–Crippen MR) is 84.5 cm³/mol. The zero-order chi connectivity index (χ0) is 13.7. The Morgan fingerprint density at radius 2 is 2.00 bits per heavy atom. The third-order valence-electron chi connectivity index (χ3n) is 3.39. The molecule has 0 amide bonds. The van der Waals surface area contributed by atoms with E-state index in [9.17, 15) is 0 Å². The molecular weight excluding hydrogens is 349 g/mol. The second kappa shape index (κ2) is 7.84. The standard InChI is InChI=1S/C14H18BrCl2NO/c15-6-9-19-12-4-7-18(8-5-12)10-11-2-1-3-13(16)14(11)17/h1-3,12H,4-10H2. The van der Waals surface area contributed by atoms with Gasteiger partial charge in [0.05, 0.1) is 22.8 Å². The highest BCUT2D eigenvalue weighted by molar-refractivity contribution is 9.09. The van der Waals surface area contributed by atoms with E-state index in [1.54, 1.807) is 0 Å². The van der Waals surface area contributed by atoms with Crippen LogP contribution in [0.5, 0.6) is 0 Å². The van der Waals surface area contributed by atoms with Crippen molar-refractivity contribution in [2.24, 2.45) is 0 Å². The third-order valence-corrected chi connectivity index (χ3v) is 4.57. The second-order valence-corrected chi connectivity index (χ2v) is 6.33. The van der Waals surface area contributed by atoms with E-state index in [-0.39, 0.29) is 0 Å². The lowest BCUT2D eigenvalue weighted by Gasteiger charge is -2.32. The molecule has 0 bridgehead atoms. The van der Waals surface area contributed by atoms with Crippen LogP contribution in [0.1, 0.15) is 18.4 Å². The van der Waals surface area contributed by atoms with Crippen LogP contribution >= 0.6 is 39.1 Å². The Labute approximate surface area is 133 Å². The highest BCUT2D eigenvalue weighted by Gasteiger charge is 2.20. The normalized spacial score (nSPS) is 17.8. The lowest BCUT2D eigenvalue weighted by atomic mass is 10.1. The minimum atomic E-state index is 0.406. The van der Waals surface area contributed by atoms with Crippen LogP contribution in [-0.4, -0.2) is 36.0 Å². The van der Waals surface area contributed by atoms with E-state index in [4.69, 9.17) is 27.9 Å². The lowest BCUT2D eigenvalue weighted by molar-refractivity contribution is 0.0141. The summed E-state index contributed by atoms with van der Waals surface area (Å²) in [5.41, 5.74) is 1.11. The topological polar surface area (TPSA) is 12.5 Å². The number of halogens is 3. The fourth-order valence-electron chi connectivity index (χ4n) is 2.36. The first-order valence-electron chi connectivity index (χ1n) is 6.53. The van der Waals surface area contributed by atoms with Gasteiger partial charge in [0.15, 0.2) is 0 Å². The van der Waals surface area contributed by atoms with E-state index in [1.165, 1.54) is 0 Å². The number of hydrogen-bond acceptors (Lipinski definition) is 2. The predicted octanol–water partition coefficient (Wildman–Crippen LogP) is 4.37. The molecule has 0 spiro atoms. The zero-order valence-corrected chi connectivity index (χ0v) is 13.8. The number of alkyl halides is 1. The van der Waals surface area contributed by atoms with E-state index >= 15 is 0 Å². The molecule has 0 aromatic heterocycles. The van der Waals surface area contributed by atoms with Gasteiger partial charge in [-0.2, -0.15) is 0 Å². The number of ether oxygens (including phenoxy) is 1. The van der Waals surface area contributed by atoms with Crippen LogP contribution in [-0.2, 0) is 11.3 Å². The van der Waals surface area contributed by atoms with E-state index < -0.39 is 0 Å². The van der Waals surface area contributed by atoms with Crippen molar-refractivity contribution >= 4 is 39.1 Å². The van der Waals surface area contributed by atoms with Gasteiger partial charge in [0.25, 0.3) is 0 Å². The minimum absolute atomic E-state index is 0.406. The maximum Gasteiger partial charge on any atom is 0.0637 e. The Balaban J connectivity index is 1.84. The monoisotopic (exact) mass is 365 g/mol. The summed E-state index contributed by atoms with van der Waals surface area (Å²) in [6, 6.07) is 5.82. The van der Waals surface area contributed by atoms with Crippen LogP contribution in [0.2, 0.25) is 10.0 Å². The van der Waals surface area contributed by atoms with Gasteiger partial charge >= 0.3 is 0 Å². The molecule has 1 fully saturated rings. The van der Waals surface area contributed by atoms with E-state index in [0.29, 0.717) is 16.1 Å². The summed E-state index contributed by atoms with van der Waals surface area (Å²) in [4.78, 5) is 2.41. The van der Waals surface area contributed by atoms with Gasteiger partial charge < -0.3 is 4.74 Å². The van der Waals surface area contributed by atoms with E-state index in [2.05, 4.69) is 20.8 Å². The van der Waals surface area contributed by atoms with Crippen molar-refractivity contribution in [1.29, 1.82) is 0 Å². The van der Waals surface area contributed by atoms with Gasteiger partial charge in [-0.3, -0.25) is 4.90 Å². The van der Waals surface area contributed by atoms with Gasteiger partial charge in [-0.1, -0.05) is 51.3 Å². The molecule has 1 aliphatic rings. The largest absolute Gasteiger partial charge is 0.377 e. The fraction of sp³-hybridized carbons (Fsp3) is 0.571. The molecular formula is C14H18BrCl2NO. The molecule has 1 heterocycles. The van der Waals surface area contributed by atoms with Gasteiger partial charge in [-0.15, -0.1) is 0 Å². The maximum atomic E-state index is 6.22. The molecule has 5 heteroatoms. The molecule has 1 aromatic carbocycles. The van der Waals surface area contributed by atoms with Crippen molar-refractivity contribution in [3.63, 3.8) is 0 Å². The van der Waals surface area contributed by atoms with Gasteiger partial charge in [0.1, 0.15) is 0 Å². The molecule has 0 unspecified atom stereocenters. The molecule has 1 saturated heterocycles.